The van der Waals surface area contributed by atoms with E-state index >= 15 is 0 Å². The van der Waals surface area contributed by atoms with Gasteiger partial charge in [0.05, 0.1) is 25.4 Å². The van der Waals surface area contributed by atoms with E-state index in [0.717, 1.165) is 57.8 Å². The second-order valence-corrected chi connectivity index (χ2v) is 18.9. The molecule has 6 heteroatoms. The highest BCUT2D eigenvalue weighted by Gasteiger charge is 2.20. The summed E-state index contributed by atoms with van der Waals surface area (Å²) in [6.45, 7) is 4.91. The van der Waals surface area contributed by atoms with Gasteiger partial charge in [-0.15, -0.1) is 0 Å². The average Bonchev–Trinajstić information content (AvgIpc) is 3.27. The van der Waals surface area contributed by atoms with Crippen molar-refractivity contribution in [3.05, 3.63) is 24.3 Å². The predicted octanol–water partition coefficient (Wildman–Crippen LogP) is 16.7. The van der Waals surface area contributed by atoms with Crippen LogP contribution < -0.4 is 5.32 Å². The summed E-state index contributed by atoms with van der Waals surface area (Å²) in [5, 5.41) is 23.3. The van der Waals surface area contributed by atoms with Gasteiger partial charge in [0.15, 0.2) is 0 Å². The van der Waals surface area contributed by atoms with E-state index in [0.29, 0.717) is 25.9 Å². The van der Waals surface area contributed by atoms with E-state index in [-0.39, 0.29) is 18.5 Å². The lowest BCUT2D eigenvalue weighted by atomic mass is 10.0. The number of ether oxygens (including phenoxy) is 1. The number of allylic oxidation sites excluding steroid dienone is 4. The second-order valence-electron chi connectivity index (χ2n) is 18.9. The van der Waals surface area contributed by atoms with Gasteiger partial charge in [0.2, 0.25) is 5.91 Å². The van der Waals surface area contributed by atoms with Crippen LogP contribution in [0.1, 0.15) is 296 Å². The van der Waals surface area contributed by atoms with E-state index in [2.05, 4.69) is 43.5 Å². The molecule has 0 aliphatic heterocycles. The monoisotopic (exact) mass is 874 g/mol. The number of amides is 1. The molecule has 1 amide bonds. The molecule has 3 N–H and O–H groups in total. The van der Waals surface area contributed by atoms with E-state index in [4.69, 9.17) is 4.74 Å². The Bertz CT molecular complexity index is 966. The molecule has 0 fully saturated rings. The van der Waals surface area contributed by atoms with Gasteiger partial charge in [0.25, 0.3) is 0 Å². The zero-order chi connectivity index (χ0) is 45.1. The molecule has 0 aliphatic rings. The topological polar surface area (TPSA) is 95.9 Å². The third-order valence-corrected chi connectivity index (χ3v) is 12.8. The first-order valence-corrected chi connectivity index (χ1v) is 27.6. The van der Waals surface area contributed by atoms with Gasteiger partial charge in [-0.2, -0.15) is 0 Å². The van der Waals surface area contributed by atoms with Crippen LogP contribution in [0.25, 0.3) is 0 Å². The maximum Gasteiger partial charge on any atom is 0.305 e. The minimum Gasteiger partial charge on any atom is -0.466 e. The summed E-state index contributed by atoms with van der Waals surface area (Å²) >= 11 is 0. The van der Waals surface area contributed by atoms with Gasteiger partial charge in [-0.1, -0.05) is 250 Å². The highest BCUT2D eigenvalue weighted by molar-refractivity contribution is 5.76. The van der Waals surface area contributed by atoms with Crippen LogP contribution in [0.5, 0.6) is 0 Å². The van der Waals surface area contributed by atoms with Crippen molar-refractivity contribution in [1.29, 1.82) is 0 Å². The molecule has 0 saturated carbocycles. The average molecular weight is 874 g/mol. The fourth-order valence-corrected chi connectivity index (χ4v) is 8.49. The predicted molar refractivity (Wildman–Crippen MR) is 269 cm³/mol. The number of carbonyl (C=O) groups excluding carboxylic acids is 2. The highest BCUT2D eigenvalue weighted by Crippen LogP contribution is 2.17. The molecule has 0 bridgehead atoms. The molecule has 0 aromatic carbocycles. The van der Waals surface area contributed by atoms with Crippen molar-refractivity contribution in [1.82, 2.24) is 5.32 Å². The van der Waals surface area contributed by atoms with Gasteiger partial charge in [-0.3, -0.25) is 9.59 Å². The minimum atomic E-state index is -0.673. The largest absolute Gasteiger partial charge is 0.466 e. The molecular weight excluding hydrogens is 767 g/mol. The summed E-state index contributed by atoms with van der Waals surface area (Å²) in [7, 11) is 0. The van der Waals surface area contributed by atoms with Gasteiger partial charge in [-0.25, -0.2) is 0 Å². The molecule has 2 atom stereocenters. The fourth-order valence-electron chi connectivity index (χ4n) is 8.49. The number of nitrogens with one attached hydrogen (secondary N) is 1. The van der Waals surface area contributed by atoms with Crippen LogP contribution in [0.15, 0.2) is 24.3 Å². The smallest absolute Gasteiger partial charge is 0.305 e. The number of unbranched alkanes of at least 4 members (excludes halogenated alkanes) is 36. The molecule has 366 valence electrons. The van der Waals surface area contributed by atoms with Gasteiger partial charge in [0, 0.05) is 12.8 Å². The van der Waals surface area contributed by atoms with Gasteiger partial charge < -0.3 is 20.3 Å². The molecule has 2 unspecified atom stereocenters. The molecular formula is C56H107NO5. The maximum atomic E-state index is 12.5. The first-order valence-electron chi connectivity index (χ1n) is 27.6. The molecule has 0 rings (SSSR count). The number of aliphatic hydroxyl groups is 2. The lowest BCUT2D eigenvalue weighted by Crippen LogP contribution is -2.45. The lowest BCUT2D eigenvalue weighted by molar-refractivity contribution is -0.143. The third-order valence-electron chi connectivity index (χ3n) is 12.8. The summed E-state index contributed by atoms with van der Waals surface area (Å²) in [6, 6.07) is -0.552. The number of hydrogen-bond acceptors (Lipinski definition) is 5. The van der Waals surface area contributed by atoms with Crippen LogP contribution in [0, 0.1) is 0 Å². The molecule has 62 heavy (non-hydrogen) atoms. The van der Waals surface area contributed by atoms with E-state index < -0.39 is 12.1 Å². The third kappa shape index (κ3) is 47.8. The van der Waals surface area contributed by atoms with Crippen molar-refractivity contribution in [2.24, 2.45) is 0 Å². The van der Waals surface area contributed by atoms with Crippen LogP contribution in [0.4, 0.5) is 0 Å². The Balaban J connectivity index is 3.46. The van der Waals surface area contributed by atoms with Crippen molar-refractivity contribution in [3.8, 4) is 0 Å². The minimum absolute atomic E-state index is 0.0186. The van der Waals surface area contributed by atoms with Crippen LogP contribution in [-0.2, 0) is 14.3 Å². The summed E-state index contributed by atoms with van der Waals surface area (Å²) in [5.74, 6) is -0.0657. The summed E-state index contributed by atoms with van der Waals surface area (Å²) in [4.78, 5) is 24.5. The second kappa shape index (κ2) is 52.0. The van der Waals surface area contributed by atoms with Crippen LogP contribution in [0.2, 0.25) is 0 Å². The van der Waals surface area contributed by atoms with Crippen molar-refractivity contribution in [2.45, 2.75) is 309 Å². The van der Waals surface area contributed by atoms with Gasteiger partial charge in [-0.05, 0) is 57.8 Å². The zero-order valence-electron chi connectivity index (χ0n) is 41.6. The Morgan fingerprint density at radius 2 is 0.806 bits per heavy atom. The Kier molecular flexibility index (Phi) is 50.6. The Labute approximate surface area is 386 Å². The molecule has 0 radical (unpaired) electrons. The summed E-state index contributed by atoms with van der Waals surface area (Å²) < 4.78 is 5.46. The standard InChI is InChI=1S/C56H107NO5/c1-3-5-7-9-11-13-15-17-19-21-24-28-32-36-40-44-48-54(59)53(52-58)57-55(60)49-45-41-37-33-29-25-23-27-31-35-39-43-47-51-62-56(61)50-46-42-38-34-30-26-22-20-18-16-14-12-10-8-6-4-2/h14,16,20,22,53-54,58-59H,3-13,15,17-19,21,23-52H2,1-2H3,(H,57,60)/b16-14-,22-20-. The summed E-state index contributed by atoms with van der Waals surface area (Å²) in [5.41, 5.74) is 0. The Hall–Kier alpha value is -1.66. The first kappa shape index (κ1) is 60.3. The Morgan fingerprint density at radius 3 is 1.24 bits per heavy atom. The van der Waals surface area contributed by atoms with E-state index in [1.807, 2.05) is 0 Å². The maximum absolute atomic E-state index is 12.5. The van der Waals surface area contributed by atoms with Crippen molar-refractivity contribution in [2.75, 3.05) is 13.2 Å². The van der Waals surface area contributed by atoms with Crippen LogP contribution in [0.3, 0.4) is 0 Å². The normalized spacial score (nSPS) is 12.8. The molecule has 0 aromatic heterocycles. The molecule has 0 aliphatic carbocycles. The summed E-state index contributed by atoms with van der Waals surface area (Å²) in [6.07, 6.45) is 61.5. The molecule has 0 heterocycles. The SMILES string of the molecule is CCCCCC/C=C\C/C=C\CCCCCCCC(=O)OCCCCCCCCCCCCCCCC(=O)NC(CO)C(O)CCCCCCCCCCCCCCCCCC. The first-order chi connectivity index (χ1) is 30.5. The van der Waals surface area contributed by atoms with Gasteiger partial charge in [0.1, 0.15) is 0 Å². The molecule has 0 saturated heterocycles. The molecule has 0 aromatic rings. The highest BCUT2D eigenvalue weighted by atomic mass is 16.5. The quantitative estimate of drug-likeness (QED) is 0.0321. The number of carbonyl (C=O) groups is 2. The van der Waals surface area contributed by atoms with E-state index in [1.54, 1.807) is 0 Å². The zero-order valence-corrected chi connectivity index (χ0v) is 41.6. The van der Waals surface area contributed by atoms with E-state index in [1.165, 1.54) is 205 Å². The number of rotatable bonds is 51. The van der Waals surface area contributed by atoms with Crippen molar-refractivity contribution >= 4 is 11.9 Å². The van der Waals surface area contributed by atoms with E-state index in [9.17, 15) is 19.8 Å². The van der Waals surface area contributed by atoms with Crippen LogP contribution >= 0.6 is 0 Å². The Morgan fingerprint density at radius 1 is 0.452 bits per heavy atom. The van der Waals surface area contributed by atoms with Crippen molar-refractivity contribution < 1.29 is 24.5 Å². The van der Waals surface area contributed by atoms with Gasteiger partial charge >= 0.3 is 5.97 Å². The fraction of sp³-hybridized carbons (Fsp3) is 0.893. The number of aliphatic hydroxyl groups excluding tert-OH is 2. The van der Waals surface area contributed by atoms with Crippen LogP contribution in [-0.4, -0.2) is 47.4 Å². The number of hydrogen-bond donors (Lipinski definition) is 3. The molecule has 0 spiro atoms. The lowest BCUT2D eigenvalue weighted by Gasteiger charge is -2.22. The number of esters is 1. The molecule has 6 nitrogen and oxygen atoms in total. The van der Waals surface area contributed by atoms with Crippen molar-refractivity contribution in [3.63, 3.8) is 0 Å².